The van der Waals surface area contributed by atoms with E-state index in [0.29, 0.717) is 29.4 Å². The Balaban J connectivity index is 1.49. The third kappa shape index (κ3) is 6.50. The normalized spacial score (nSPS) is 17.6. The number of carbonyl (C=O) groups excluding carboxylic acids is 2. The van der Waals surface area contributed by atoms with Crippen LogP contribution in [0.1, 0.15) is 56.2 Å². The monoisotopic (exact) mass is 529 g/mol. The summed E-state index contributed by atoms with van der Waals surface area (Å²) in [4.78, 5) is 34.0. The zero-order valence-electron chi connectivity index (χ0n) is 22.3. The highest BCUT2D eigenvalue weighted by Gasteiger charge is 2.39. The number of rotatable bonds is 9. The SMILES string of the molecule is CCOc1ccc([C@@H](C(=O)NC2CCCCC2)N(Cc2cccnc2)C(=O)[C@@H]2COc3ccccc3O2)cc1. The van der Waals surface area contributed by atoms with Crippen LogP contribution in [0.4, 0.5) is 0 Å². The molecule has 1 aliphatic heterocycles. The average Bonchev–Trinajstić information content (AvgIpc) is 2.98. The van der Waals surface area contributed by atoms with Gasteiger partial charge in [-0.2, -0.15) is 0 Å². The lowest BCUT2D eigenvalue weighted by Gasteiger charge is -2.36. The van der Waals surface area contributed by atoms with Crippen LogP contribution >= 0.6 is 0 Å². The first-order chi connectivity index (χ1) is 19.1. The summed E-state index contributed by atoms with van der Waals surface area (Å²) in [6.07, 6.45) is 7.73. The smallest absolute Gasteiger partial charge is 0.268 e. The molecule has 0 saturated heterocycles. The summed E-state index contributed by atoms with van der Waals surface area (Å²) in [6.45, 7) is 2.70. The van der Waals surface area contributed by atoms with Gasteiger partial charge in [0.1, 0.15) is 18.4 Å². The molecule has 2 atom stereocenters. The fourth-order valence-electron chi connectivity index (χ4n) is 5.22. The largest absolute Gasteiger partial charge is 0.494 e. The maximum Gasteiger partial charge on any atom is 0.268 e. The van der Waals surface area contributed by atoms with Crippen molar-refractivity contribution in [1.29, 1.82) is 0 Å². The van der Waals surface area contributed by atoms with Crippen LogP contribution in [0.15, 0.2) is 73.1 Å². The molecule has 2 heterocycles. The molecule has 0 bridgehead atoms. The molecule has 0 spiro atoms. The van der Waals surface area contributed by atoms with Crippen LogP contribution in [0.5, 0.6) is 17.2 Å². The van der Waals surface area contributed by atoms with Crippen LogP contribution in [0, 0.1) is 0 Å². The van der Waals surface area contributed by atoms with E-state index in [4.69, 9.17) is 14.2 Å². The fraction of sp³-hybridized carbons (Fsp3) is 0.387. The van der Waals surface area contributed by atoms with Crippen LogP contribution in [0.3, 0.4) is 0 Å². The van der Waals surface area contributed by atoms with Gasteiger partial charge >= 0.3 is 0 Å². The number of para-hydroxylation sites is 2. The number of pyridine rings is 1. The van der Waals surface area contributed by atoms with Gasteiger partial charge < -0.3 is 24.4 Å². The maximum absolute atomic E-state index is 14.2. The van der Waals surface area contributed by atoms with Crippen molar-refractivity contribution in [3.8, 4) is 17.2 Å². The summed E-state index contributed by atoms with van der Waals surface area (Å²) in [5.41, 5.74) is 1.51. The van der Waals surface area contributed by atoms with Crippen molar-refractivity contribution >= 4 is 11.8 Å². The van der Waals surface area contributed by atoms with Gasteiger partial charge in [0, 0.05) is 25.0 Å². The second-order valence-corrected chi connectivity index (χ2v) is 9.94. The predicted molar refractivity (Wildman–Crippen MR) is 147 cm³/mol. The molecule has 3 aromatic rings. The van der Waals surface area contributed by atoms with Gasteiger partial charge in [-0.05, 0) is 61.2 Å². The standard InChI is InChI=1S/C31H35N3O5/c1-2-37-25-16-14-23(15-17-25)29(30(35)33-24-10-4-3-5-11-24)34(20-22-9-8-18-32-19-22)31(36)28-21-38-26-12-6-7-13-27(26)39-28/h6-9,12-19,24,28-29H,2-5,10-11,20-21H2,1H3,(H,33,35)/t28-,29-/m0/s1. The van der Waals surface area contributed by atoms with Crippen LogP contribution in [-0.2, 0) is 16.1 Å². The Bertz CT molecular complexity index is 1240. The number of benzene rings is 2. The minimum atomic E-state index is -0.899. The van der Waals surface area contributed by atoms with Crippen molar-refractivity contribution in [1.82, 2.24) is 15.2 Å². The molecule has 8 heteroatoms. The summed E-state index contributed by atoms with van der Waals surface area (Å²) in [6, 6.07) is 17.6. The van der Waals surface area contributed by atoms with Gasteiger partial charge in [0.05, 0.1) is 6.61 Å². The first-order valence-corrected chi connectivity index (χ1v) is 13.7. The number of nitrogens with zero attached hydrogens (tertiary/aromatic N) is 2. The third-order valence-corrected chi connectivity index (χ3v) is 7.16. The van der Waals surface area contributed by atoms with Gasteiger partial charge in [0.15, 0.2) is 11.5 Å². The van der Waals surface area contributed by atoms with Crippen molar-refractivity contribution in [2.45, 2.75) is 63.8 Å². The molecule has 2 amide bonds. The van der Waals surface area contributed by atoms with Gasteiger partial charge in [-0.3, -0.25) is 14.6 Å². The quantitative estimate of drug-likeness (QED) is 0.427. The molecule has 8 nitrogen and oxygen atoms in total. The topological polar surface area (TPSA) is 90.0 Å². The molecule has 39 heavy (non-hydrogen) atoms. The summed E-state index contributed by atoms with van der Waals surface area (Å²) in [5, 5.41) is 3.25. The third-order valence-electron chi connectivity index (χ3n) is 7.16. The minimum Gasteiger partial charge on any atom is -0.494 e. The molecule has 2 aromatic carbocycles. The number of aromatic nitrogens is 1. The number of hydrogen-bond donors (Lipinski definition) is 1. The fourth-order valence-corrected chi connectivity index (χ4v) is 5.22. The van der Waals surface area contributed by atoms with Gasteiger partial charge in [-0.15, -0.1) is 0 Å². The Kier molecular flexibility index (Phi) is 8.61. The summed E-state index contributed by atoms with van der Waals surface area (Å²) in [7, 11) is 0. The first-order valence-electron chi connectivity index (χ1n) is 13.7. The van der Waals surface area contributed by atoms with E-state index in [2.05, 4.69) is 10.3 Å². The highest BCUT2D eigenvalue weighted by Crippen LogP contribution is 2.33. The van der Waals surface area contributed by atoms with E-state index in [1.54, 1.807) is 23.4 Å². The van der Waals surface area contributed by atoms with Gasteiger partial charge in [0.2, 0.25) is 12.0 Å². The van der Waals surface area contributed by atoms with Gasteiger partial charge in [0.25, 0.3) is 5.91 Å². The molecule has 1 fully saturated rings. The lowest BCUT2D eigenvalue weighted by Crippen LogP contribution is -2.52. The lowest BCUT2D eigenvalue weighted by molar-refractivity contribution is -0.149. The van der Waals surface area contributed by atoms with Gasteiger partial charge in [-0.25, -0.2) is 0 Å². The second kappa shape index (κ2) is 12.7. The Morgan fingerprint density at radius 3 is 2.51 bits per heavy atom. The molecule has 1 aliphatic carbocycles. The van der Waals surface area contributed by atoms with Gasteiger partial charge in [-0.1, -0.05) is 49.6 Å². The van der Waals surface area contributed by atoms with E-state index in [1.807, 2.05) is 61.5 Å². The second-order valence-electron chi connectivity index (χ2n) is 9.94. The molecular weight excluding hydrogens is 494 g/mol. The molecule has 2 aliphatic rings. The van der Waals surface area contributed by atoms with E-state index in [9.17, 15) is 9.59 Å². The zero-order chi connectivity index (χ0) is 27.0. The number of fused-ring (bicyclic) bond motifs is 1. The van der Waals surface area contributed by atoms with E-state index in [0.717, 1.165) is 31.2 Å². The van der Waals surface area contributed by atoms with Crippen LogP contribution in [0.25, 0.3) is 0 Å². The molecular formula is C31H35N3O5. The Morgan fingerprint density at radius 1 is 1.03 bits per heavy atom. The molecule has 204 valence electrons. The predicted octanol–water partition coefficient (Wildman–Crippen LogP) is 4.84. The number of hydrogen-bond acceptors (Lipinski definition) is 6. The molecule has 0 unspecified atom stereocenters. The molecule has 1 aromatic heterocycles. The zero-order valence-corrected chi connectivity index (χ0v) is 22.3. The van der Waals surface area contributed by atoms with Crippen molar-refractivity contribution in [3.05, 3.63) is 84.2 Å². The van der Waals surface area contributed by atoms with E-state index >= 15 is 0 Å². The lowest BCUT2D eigenvalue weighted by atomic mass is 9.94. The summed E-state index contributed by atoms with van der Waals surface area (Å²) >= 11 is 0. The van der Waals surface area contributed by atoms with Crippen molar-refractivity contribution in [3.63, 3.8) is 0 Å². The molecule has 0 radical (unpaired) electrons. The summed E-state index contributed by atoms with van der Waals surface area (Å²) in [5.74, 6) is 1.27. The van der Waals surface area contributed by atoms with Crippen LogP contribution in [0.2, 0.25) is 0 Å². The Labute approximate surface area is 229 Å². The number of nitrogens with one attached hydrogen (secondary N) is 1. The first kappa shape index (κ1) is 26.5. The van der Waals surface area contributed by atoms with E-state index in [1.165, 1.54) is 6.42 Å². The number of carbonyl (C=O) groups is 2. The average molecular weight is 530 g/mol. The highest BCUT2D eigenvalue weighted by atomic mass is 16.6. The minimum absolute atomic E-state index is 0.0552. The Morgan fingerprint density at radius 2 is 1.79 bits per heavy atom. The summed E-state index contributed by atoms with van der Waals surface area (Å²) < 4.78 is 17.6. The molecule has 5 rings (SSSR count). The van der Waals surface area contributed by atoms with Crippen molar-refractivity contribution < 1.29 is 23.8 Å². The Hall–Kier alpha value is -4.07. The molecule has 1 saturated carbocycles. The molecule has 1 N–H and O–H groups in total. The van der Waals surface area contributed by atoms with E-state index < -0.39 is 12.1 Å². The van der Waals surface area contributed by atoms with Crippen LogP contribution in [-0.4, -0.2) is 47.1 Å². The number of ether oxygens (including phenoxy) is 3. The highest BCUT2D eigenvalue weighted by molar-refractivity contribution is 5.91. The van der Waals surface area contributed by atoms with Crippen molar-refractivity contribution in [2.24, 2.45) is 0 Å². The van der Waals surface area contributed by atoms with E-state index in [-0.39, 0.29) is 31.0 Å². The van der Waals surface area contributed by atoms with Crippen LogP contribution < -0.4 is 19.5 Å². The number of amides is 2. The van der Waals surface area contributed by atoms with Crippen molar-refractivity contribution in [2.75, 3.05) is 13.2 Å². The maximum atomic E-state index is 14.2.